The second-order valence-electron chi connectivity index (χ2n) is 7.49. The molecule has 2 N–H and O–H groups in total. The lowest BCUT2D eigenvalue weighted by Crippen LogP contribution is -2.26. The minimum absolute atomic E-state index is 0.0949. The Hall–Kier alpha value is -3.74. The number of aryl methyl sites for hydroxylation is 2. The van der Waals surface area contributed by atoms with Gasteiger partial charge in [-0.1, -0.05) is 48.0 Å². The monoisotopic (exact) mass is 414 g/mol. The van der Waals surface area contributed by atoms with Crippen molar-refractivity contribution in [3.05, 3.63) is 89.2 Å². The zero-order valence-corrected chi connectivity index (χ0v) is 17.6. The number of anilines is 1. The molecule has 2 heterocycles. The molecule has 0 radical (unpaired) electrons. The molecule has 0 atom stereocenters. The zero-order chi connectivity index (χ0) is 21.5. The molecule has 0 unspecified atom stereocenters. The molecular weight excluding hydrogens is 388 g/mol. The first kappa shape index (κ1) is 20.5. The Balaban J connectivity index is 1.30. The molecule has 4 aromatic rings. The van der Waals surface area contributed by atoms with Crippen LogP contribution in [0.3, 0.4) is 0 Å². The van der Waals surface area contributed by atoms with Crippen molar-refractivity contribution in [1.29, 1.82) is 0 Å². The van der Waals surface area contributed by atoms with Gasteiger partial charge in [-0.25, -0.2) is 0 Å². The fourth-order valence-electron chi connectivity index (χ4n) is 3.33. The maximum absolute atomic E-state index is 12.3. The van der Waals surface area contributed by atoms with Crippen LogP contribution in [-0.4, -0.2) is 38.8 Å². The van der Waals surface area contributed by atoms with E-state index in [9.17, 15) is 4.79 Å². The molecule has 0 aliphatic rings. The fraction of sp³-hybridized carbons (Fsp3) is 0.250. The van der Waals surface area contributed by atoms with Crippen LogP contribution in [-0.2, 0) is 12.8 Å². The van der Waals surface area contributed by atoms with E-state index in [1.54, 1.807) is 4.52 Å². The maximum atomic E-state index is 12.3. The first-order chi connectivity index (χ1) is 15.2. The molecular formula is C24H26N6O. The van der Waals surface area contributed by atoms with Gasteiger partial charge in [-0.15, -0.1) is 15.3 Å². The van der Waals surface area contributed by atoms with Crippen LogP contribution in [0.4, 0.5) is 5.82 Å². The van der Waals surface area contributed by atoms with E-state index < -0.39 is 0 Å². The number of nitrogens with one attached hydrogen (secondary N) is 2. The van der Waals surface area contributed by atoms with Crippen molar-refractivity contribution in [1.82, 2.24) is 25.1 Å². The van der Waals surface area contributed by atoms with Crippen LogP contribution in [0.25, 0.3) is 5.65 Å². The van der Waals surface area contributed by atoms with Gasteiger partial charge in [0.25, 0.3) is 5.91 Å². The fourth-order valence-corrected chi connectivity index (χ4v) is 3.33. The highest BCUT2D eigenvalue weighted by atomic mass is 16.1. The van der Waals surface area contributed by atoms with E-state index in [2.05, 4.69) is 50.2 Å². The quantitative estimate of drug-likeness (QED) is 0.410. The van der Waals surface area contributed by atoms with E-state index in [1.807, 2.05) is 49.4 Å². The molecule has 7 nitrogen and oxygen atoms in total. The third-order valence-electron chi connectivity index (χ3n) is 5.07. The van der Waals surface area contributed by atoms with Gasteiger partial charge in [0.15, 0.2) is 11.5 Å². The van der Waals surface area contributed by atoms with Crippen molar-refractivity contribution in [2.75, 3.05) is 18.4 Å². The Bertz CT molecular complexity index is 1140. The summed E-state index contributed by atoms with van der Waals surface area (Å²) in [5.74, 6) is 1.40. The third kappa shape index (κ3) is 5.45. The third-order valence-corrected chi connectivity index (χ3v) is 5.07. The maximum Gasteiger partial charge on any atom is 0.251 e. The summed E-state index contributed by atoms with van der Waals surface area (Å²) in [6.07, 6.45) is 2.59. The first-order valence-corrected chi connectivity index (χ1v) is 10.5. The number of amides is 1. The summed E-state index contributed by atoms with van der Waals surface area (Å²) >= 11 is 0. The van der Waals surface area contributed by atoms with Crippen molar-refractivity contribution in [3.63, 3.8) is 0 Å². The van der Waals surface area contributed by atoms with Crippen LogP contribution in [0.2, 0.25) is 0 Å². The Morgan fingerprint density at radius 1 is 0.903 bits per heavy atom. The van der Waals surface area contributed by atoms with Gasteiger partial charge in [-0.3, -0.25) is 4.79 Å². The minimum Gasteiger partial charge on any atom is -0.369 e. The summed E-state index contributed by atoms with van der Waals surface area (Å²) in [4.78, 5) is 12.3. The lowest BCUT2D eigenvalue weighted by molar-refractivity contribution is 0.0954. The van der Waals surface area contributed by atoms with E-state index in [4.69, 9.17) is 0 Å². The number of aromatic nitrogens is 4. The smallest absolute Gasteiger partial charge is 0.251 e. The van der Waals surface area contributed by atoms with Crippen LogP contribution in [0, 0.1) is 6.92 Å². The number of rotatable bonds is 9. The van der Waals surface area contributed by atoms with Gasteiger partial charge in [-0.2, -0.15) is 4.52 Å². The van der Waals surface area contributed by atoms with Gasteiger partial charge < -0.3 is 10.6 Å². The summed E-state index contributed by atoms with van der Waals surface area (Å²) < 4.78 is 1.73. The molecule has 1 amide bonds. The molecule has 4 rings (SSSR count). The highest BCUT2D eigenvalue weighted by Crippen LogP contribution is 2.09. The van der Waals surface area contributed by atoms with Gasteiger partial charge in [0.2, 0.25) is 0 Å². The van der Waals surface area contributed by atoms with Gasteiger partial charge in [0, 0.05) is 25.1 Å². The summed E-state index contributed by atoms with van der Waals surface area (Å²) in [5, 5.41) is 19.3. The predicted molar refractivity (Wildman–Crippen MR) is 121 cm³/mol. The molecule has 0 saturated carbocycles. The van der Waals surface area contributed by atoms with Crippen LogP contribution >= 0.6 is 0 Å². The van der Waals surface area contributed by atoms with Crippen molar-refractivity contribution >= 4 is 17.4 Å². The van der Waals surface area contributed by atoms with E-state index >= 15 is 0 Å². The number of hydrogen-bond acceptors (Lipinski definition) is 5. The molecule has 2 aromatic heterocycles. The Morgan fingerprint density at radius 2 is 1.71 bits per heavy atom. The highest BCUT2D eigenvalue weighted by molar-refractivity contribution is 5.94. The summed E-state index contributed by atoms with van der Waals surface area (Å²) in [6, 6.07) is 21.8. The number of nitrogens with zero attached hydrogens (tertiary/aromatic N) is 4. The normalized spacial score (nSPS) is 10.9. The summed E-state index contributed by atoms with van der Waals surface area (Å²) in [7, 11) is 0. The van der Waals surface area contributed by atoms with Crippen molar-refractivity contribution < 1.29 is 4.79 Å². The van der Waals surface area contributed by atoms with E-state index in [0.717, 1.165) is 30.8 Å². The molecule has 0 aliphatic carbocycles. The molecule has 7 heteroatoms. The molecule has 0 spiro atoms. The van der Waals surface area contributed by atoms with E-state index in [-0.39, 0.29) is 5.91 Å². The number of carbonyl (C=O) groups is 1. The Morgan fingerprint density at radius 3 is 2.52 bits per heavy atom. The van der Waals surface area contributed by atoms with E-state index in [0.29, 0.717) is 30.0 Å². The number of hydrogen-bond donors (Lipinski definition) is 2. The Labute approximate surface area is 181 Å². The second kappa shape index (κ2) is 9.84. The molecule has 31 heavy (non-hydrogen) atoms. The van der Waals surface area contributed by atoms with Gasteiger partial charge in [0.1, 0.15) is 5.82 Å². The lowest BCUT2D eigenvalue weighted by atomic mass is 10.1. The van der Waals surface area contributed by atoms with E-state index in [1.165, 1.54) is 5.56 Å². The predicted octanol–water partition coefficient (Wildman–Crippen LogP) is 3.45. The zero-order valence-electron chi connectivity index (χ0n) is 17.6. The van der Waals surface area contributed by atoms with Gasteiger partial charge >= 0.3 is 0 Å². The largest absolute Gasteiger partial charge is 0.369 e. The van der Waals surface area contributed by atoms with Crippen LogP contribution < -0.4 is 10.6 Å². The van der Waals surface area contributed by atoms with Crippen molar-refractivity contribution in [2.24, 2.45) is 0 Å². The first-order valence-electron chi connectivity index (χ1n) is 10.5. The summed E-state index contributed by atoms with van der Waals surface area (Å²) in [6.45, 7) is 3.29. The number of carbonyl (C=O) groups excluding carboxylic acids is 1. The minimum atomic E-state index is -0.0949. The highest BCUT2D eigenvalue weighted by Gasteiger charge is 2.09. The number of benzene rings is 2. The standard InChI is InChI=1S/C24H26N6O/c1-18-9-11-20(12-10-18)24(31)26-17-15-23-28-27-22-14-13-21(29-30(22)23)25-16-5-8-19-6-3-2-4-7-19/h2-4,6-7,9-14H,5,8,15-17H2,1H3,(H,25,29)(H,26,31). The summed E-state index contributed by atoms with van der Waals surface area (Å²) in [5.41, 5.74) is 3.80. The van der Waals surface area contributed by atoms with Gasteiger partial charge in [0.05, 0.1) is 0 Å². The molecule has 158 valence electrons. The Kier molecular flexibility index (Phi) is 6.52. The average molecular weight is 415 g/mol. The van der Waals surface area contributed by atoms with Crippen LogP contribution in [0.5, 0.6) is 0 Å². The molecule has 0 bridgehead atoms. The van der Waals surface area contributed by atoms with Crippen molar-refractivity contribution in [2.45, 2.75) is 26.2 Å². The lowest BCUT2D eigenvalue weighted by Gasteiger charge is -2.07. The van der Waals surface area contributed by atoms with Gasteiger partial charge in [-0.05, 0) is 49.6 Å². The SMILES string of the molecule is Cc1ccc(C(=O)NCCc2nnc3ccc(NCCCc4ccccc4)nn23)cc1. The number of fused-ring (bicyclic) bond motifs is 1. The average Bonchev–Trinajstić information content (AvgIpc) is 3.20. The topological polar surface area (TPSA) is 84.2 Å². The molecule has 0 fully saturated rings. The molecule has 0 aliphatic heterocycles. The van der Waals surface area contributed by atoms with Crippen LogP contribution in [0.1, 0.15) is 33.7 Å². The second-order valence-corrected chi connectivity index (χ2v) is 7.49. The van der Waals surface area contributed by atoms with Crippen molar-refractivity contribution in [3.8, 4) is 0 Å². The van der Waals surface area contributed by atoms with Crippen LogP contribution in [0.15, 0.2) is 66.7 Å². The molecule has 0 saturated heterocycles. The molecule has 2 aromatic carbocycles.